The highest BCUT2D eigenvalue weighted by Crippen LogP contribution is 2.14. The first kappa shape index (κ1) is 13.3. The molecule has 98 valence electrons. The molecular weight excluding hydrogens is 242 g/mol. The average molecular weight is 263 g/mol. The van der Waals surface area contributed by atoms with Gasteiger partial charge in [0.05, 0.1) is 0 Å². The topological polar surface area (TPSA) is 29.9 Å². The Hall–Kier alpha value is -1.13. The summed E-state index contributed by atoms with van der Waals surface area (Å²) < 4.78 is 2.25. The second-order valence-corrected chi connectivity index (χ2v) is 5.85. The Balaban J connectivity index is 1.73. The Kier molecular flexibility index (Phi) is 4.96. The van der Waals surface area contributed by atoms with E-state index in [0.717, 1.165) is 32.5 Å². The molecule has 0 unspecified atom stereocenters. The predicted octanol–water partition coefficient (Wildman–Crippen LogP) is 3.00. The van der Waals surface area contributed by atoms with Crippen molar-refractivity contribution >= 4 is 11.3 Å². The number of nitrogens with one attached hydrogen (secondary N) is 1. The van der Waals surface area contributed by atoms with Crippen molar-refractivity contribution in [2.24, 2.45) is 0 Å². The van der Waals surface area contributed by atoms with Crippen molar-refractivity contribution in [1.29, 1.82) is 0 Å². The summed E-state index contributed by atoms with van der Waals surface area (Å²) >= 11 is 1.87. The van der Waals surface area contributed by atoms with Gasteiger partial charge in [-0.05, 0) is 25.5 Å². The van der Waals surface area contributed by atoms with Crippen LogP contribution in [-0.2, 0) is 19.5 Å². The lowest BCUT2D eigenvalue weighted by atomic mass is 10.3. The largest absolute Gasteiger partial charge is 0.334 e. The highest BCUT2D eigenvalue weighted by Gasteiger charge is 2.01. The molecule has 0 radical (unpaired) electrons. The molecule has 0 spiro atoms. The molecule has 0 aliphatic rings. The standard InChI is InChI=1S/C14H21N3S/c1-3-4-14-16-8-10-17(14)9-7-15-11-13-6-5-12(2)18-13/h5-6,8,10,15H,3-4,7,9,11H2,1-2H3. The number of nitrogens with zero attached hydrogens (tertiary/aromatic N) is 2. The van der Waals surface area contributed by atoms with Gasteiger partial charge in [0.25, 0.3) is 0 Å². The molecule has 0 aromatic carbocycles. The highest BCUT2D eigenvalue weighted by atomic mass is 32.1. The fourth-order valence-electron chi connectivity index (χ4n) is 1.99. The molecule has 0 fully saturated rings. The van der Waals surface area contributed by atoms with Gasteiger partial charge in [-0.2, -0.15) is 0 Å². The lowest BCUT2D eigenvalue weighted by molar-refractivity contribution is 0.578. The number of hydrogen-bond acceptors (Lipinski definition) is 3. The van der Waals surface area contributed by atoms with Gasteiger partial charge in [0.2, 0.25) is 0 Å². The monoisotopic (exact) mass is 263 g/mol. The van der Waals surface area contributed by atoms with Crippen LogP contribution in [0.3, 0.4) is 0 Å². The van der Waals surface area contributed by atoms with Crippen molar-refractivity contribution < 1.29 is 0 Å². The molecule has 0 aliphatic heterocycles. The van der Waals surface area contributed by atoms with Crippen molar-refractivity contribution in [1.82, 2.24) is 14.9 Å². The number of imidazole rings is 1. The van der Waals surface area contributed by atoms with E-state index in [1.807, 2.05) is 17.5 Å². The van der Waals surface area contributed by atoms with Crippen molar-refractivity contribution in [3.63, 3.8) is 0 Å². The molecule has 0 amide bonds. The van der Waals surface area contributed by atoms with Crippen molar-refractivity contribution in [2.45, 2.75) is 39.8 Å². The maximum Gasteiger partial charge on any atom is 0.108 e. The first-order chi connectivity index (χ1) is 8.79. The van der Waals surface area contributed by atoms with Gasteiger partial charge >= 0.3 is 0 Å². The van der Waals surface area contributed by atoms with E-state index in [-0.39, 0.29) is 0 Å². The van der Waals surface area contributed by atoms with E-state index in [4.69, 9.17) is 0 Å². The number of aromatic nitrogens is 2. The van der Waals surface area contributed by atoms with Crippen LogP contribution >= 0.6 is 11.3 Å². The summed E-state index contributed by atoms with van der Waals surface area (Å²) in [6.45, 7) is 7.30. The van der Waals surface area contributed by atoms with E-state index in [1.165, 1.54) is 15.6 Å². The van der Waals surface area contributed by atoms with Crippen LogP contribution in [0, 0.1) is 6.92 Å². The van der Waals surface area contributed by atoms with Gasteiger partial charge < -0.3 is 9.88 Å². The van der Waals surface area contributed by atoms with E-state index in [9.17, 15) is 0 Å². The third-order valence-corrected chi connectivity index (χ3v) is 3.90. The minimum Gasteiger partial charge on any atom is -0.334 e. The zero-order valence-corrected chi connectivity index (χ0v) is 12.0. The predicted molar refractivity (Wildman–Crippen MR) is 77.0 cm³/mol. The molecule has 2 rings (SSSR count). The first-order valence-corrected chi connectivity index (χ1v) is 7.37. The highest BCUT2D eigenvalue weighted by molar-refractivity contribution is 7.11. The lowest BCUT2D eigenvalue weighted by Gasteiger charge is -2.07. The fourth-order valence-corrected chi connectivity index (χ4v) is 2.85. The molecule has 3 nitrogen and oxygen atoms in total. The molecule has 4 heteroatoms. The summed E-state index contributed by atoms with van der Waals surface area (Å²) in [6, 6.07) is 4.38. The number of thiophene rings is 1. The average Bonchev–Trinajstić information content (AvgIpc) is 2.95. The fraction of sp³-hybridized carbons (Fsp3) is 0.500. The van der Waals surface area contributed by atoms with Crippen LogP contribution in [0.25, 0.3) is 0 Å². The molecule has 2 aromatic heterocycles. The van der Waals surface area contributed by atoms with Crippen LogP contribution in [0.4, 0.5) is 0 Å². The molecular formula is C14H21N3S. The van der Waals surface area contributed by atoms with Crippen LogP contribution < -0.4 is 5.32 Å². The smallest absolute Gasteiger partial charge is 0.108 e. The molecule has 0 aliphatic carbocycles. The van der Waals surface area contributed by atoms with Crippen LogP contribution in [0.2, 0.25) is 0 Å². The van der Waals surface area contributed by atoms with E-state index in [1.54, 1.807) is 0 Å². The van der Waals surface area contributed by atoms with Crippen LogP contribution in [0.15, 0.2) is 24.5 Å². The molecule has 0 saturated carbocycles. The summed E-state index contributed by atoms with van der Waals surface area (Å²) in [4.78, 5) is 7.17. The molecule has 2 aromatic rings. The van der Waals surface area contributed by atoms with Crippen molar-refractivity contribution in [3.05, 3.63) is 40.1 Å². The van der Waals surface area contributed by atoms with Crippen molar-refractivity contribution in [2.75, 3.05) is 6.54 Å². The Morgan fingerprint density at radius 3 is 3.00 bits per heavy atom. The number of hydrogen-bond donors (Lipinski definition) is 1. The minimum atomic E-state index is 0.969. The molecule has 0 saturated heterocycles. The second kappa shape index (κ2) is 6.71. The molecule has 1 N–H and O–H groups in total. The van der Waals surface area contributed by atoms with Gasteiger partial charge in [0.15, 0.2) is 0 Å². The summed E-state index contributed by atoms with van der Waals surface area (Å²) in [5.41, 5.74) is 0. The van der Waals surface area contributed by atoms with Crippen LogP contribution in [0.5, 0.6) is 0 Å². The van der Waals surface area contributed by atoms with Gasteiger partial charge in [-0.15, -0.1) is 11.3 Å². The van der Waals surface area contributed by atoms with Crippen LogP contribution in [0.1, 0.15) is 28.9 Å². The summed E-state index contributed by atoms with van der Waals surface area (Å²) in [5.74, 6) is 1.20. The third kappa shape index (κ3) is 3.68. The zero-order chi connectivity index (χ0) is 12.8. The normalized spacial score (nSPS) is 11.0. The Bertz CT molecular complexity index is 473. The summed E-state index contributed by atoms with van der Waals surface area (Å²) in [6.07, 6.45) is 6.19. The van der Waals surface area contributed by atoms with Gasteiger partial charge in [0, 0.05) is 48.2 Å². The summed E-state index contributed by atoms with van der Waals surface area (Å²) in [5, 5.41) is 3.48. The molecule has 2 heterocycles. The second-order valence-electron chi connectivity index (χ2n) is 4.48. The minimum absolute atomic E-state index is 0.969. The van der Waals surface area contributed by atoms with Gasteiger partial charge in [-0.25, -0.2) is 4.98 Å². The lowest BCUT2D eigenvalue weighted by Crippen LogP contribution is -2.19. The molecule has 0 bridgehead atoms. The maximum absolute atomic E-state index is 4.38. The quantitative estimate of drug-likeness (QED) is 0.778. The zero-order valence-electron chi connectivity index (χ0n) is 11.1. The summed E-state index contributed by atoms with van der Waals surface area (Å²) in [7, 11) is 0. The van der Waals surface area contributed by atoms with Crippen LogP contribution in [-0.4, -0.2) is 16.1 Å². The number of rotatable bonds is 7. The van der Waals surface area contributed by atoms with E-state index in [2.05, 4.69) is 47.0 Å². The third-order valence-electron chi connectivity index (χ3n) is 2.90. The maximum atomic E-state index is 4.38. The SMILES string of the molecule is CCCc1nccn1CCNCc1ccc(C)s1. The van der Waals surface area contributed by atoms with E-state index in [0.29, 0.717) is 0 Å². The van der Waals surface area contributed by atoms with Gasteiger partial charge in [0.1, 0.15) is 5.82 Å². The molecule has 0 atom stereocenters. The van der Waals surface area contributed by atoms with Gasteiger partial charge in [-0.1, -0.05) is 6.92 Å². The van der Waals surface area contributed by atoms with Crippen molar-refractivity contribution in [3.8, 4) is 0 Å². The Morgan fingerprint density at radius 2 is 2.28 bits per heavy atom. The number of aryl methyl sites for hydroxylation is 2. The Morgan fingerprint density at radius 1 is 1.39 bits per heavy atom. The van der Waals surface area contributed by atoms with E-state index < -0.39 is 0 Å². The molecule has 18 heavy (non-hydrogen) atoms. The Labute approximate surface area is 113 Å². The van der Waals surface area contributed by atoms with E-state index >= 15 is 0 Å². The first-order valence-electron chi connectivity index (χ1n) is 6.55. The van der Waals surface area contributed by atoms with Gasteiger partial charge in [-0.3, -0.25) is 0 Å².